The van der Waals surface area contributed by atoms with Crippen LogP contribution in [0.3, 0.4) is 0 Å². The SMILES string of the molecule is CCN(Cc1ccccc1)C(=O)c1csc(C2CCN(C(=O)CCC(=O)c3ccc(OC)cc3)CC2)n1. The van der Waals surface area contributed by atoms with Gasteiger partial charge in [-0.25, -0.2) is 4.98 Å². The number of hydrogen-bond donors (Lipinski definition) is 0. The smallest absolute Gasteiger partial charge is 0.273 e. The summed E-state index contributed by atoms with van der Waals surface area (Å²) in [6.45, 7) is 4.42. The quantitative estimate of drug-likeness (QED) is 0.345. The Morgan fingerprint density at radius 1 is 1.03 bits per heavy atom. The average molecular weight is 520 g/mol. The van der Waals surface area contributed by atoms with E-state index in [9.17, 15) is 14.4 Å². The lowest BCUT2D eigenvalue weighted by Crippen LogP contribution is -2.38. The highest BCUT2D eigenvalue weighted by Crippen LogP contribution is 2.31. The van der Waals surface area contributed by atoms with Crippen LogP contribution in [0.15, 0.2) is 60.0 Å². The Morgan fingerprint density at radius 3 is 2.38 bits per heavy atom. The topological polar surface area (TPSA) is 79.8 Å². The molecule has 7 nitrogen and oxygen atoms in total. The highest BCUT2D eigenvalue weighted by molar-refractivity contribution is 7.09. The van der Waals surface area contributed by atoms with E-state index in [0.717, 1.165) is 23.4 Å². The van der Waals surface area contributed by atoms with Gasteiger partial charge >= 0.3 is 0 Å². The first-order valence-electron chi connectivity index (χ1n) is 12.7. The maximum Gasteiger partial charge on any atom is 0.273 e. The van der Waals surface area contributed by atoms with Crippen molar-refractivity contribution >= 4 is 28.9 Å². The number of thiazole rings is 1. The molecule has 0 spiro atoms. The Morgan fingerprint density at radius 2 is 1.73 bits per heavy atom. The second-order valence-corrected chi connectivity index (χ2v) is 10.1. The van der Waals surface area contributed by atoms with Crippen molar-refractivity contribution in [2.24, 2.45) is 0 Å². The summed E-state index contributed by atoms with van der Waals surface area (Å²) in [5, 5.41) is 2.81. The van der Waals surface area contributed by atoms with Gasteiger partial charge in [-0.1, -0.05) is 30.3 Å². The van der Waals surface area contributed by atoms with E-state index in [2.05, 4.69) is 4.98 Å². The average Bonchev–Trinajstić information content (AvgIpc) is 3.45. The van der Waals surface area contributed by atoms with E-state index in [1.54, 1.807) is 31.4 Å². The number of methoxy groups -OCH3 is 1. The number of piperidine rings is 1. The predicted molar refractivity (Wildman–Crippen MR) is 144 cm³/mol. The van der Waals surface area contributed by atoms with Crippen LogP contribution in [0, 0.1) is 0 Å². The minimum atomic E-state index is -0.0528. The molecule has 0 bridgehead atoms. The number of carbonyl (C=O) groups excluding carboxylic acids is 3. The van der Waals surface area contributed by atoms with Gasteiger partial charge < -0.3 is 14.5 Å². The fourth-order valence-corrected chi connectivity index (χ4v) is 5.51. The molecule has 2 heterocycles. The van der Waals surface area contributed by atoms with Crippen LogP contribution in [0.5, 0.6) is 5.75 Å². The number of aromatic nitrogens is 1. The summed E-state index contributed by atoms with van der Waals surface area (Å²) < 4.78 is 5.12. The molecule has 194 valence electrons. The van der Waals surface area contributed by atoms with Crippen LogP contribution in [0.1, 0.15) is 69.9 Å². The van der Waals surface area contributed by atoms with Crippen LogP contribution in [-0.4, -0.2) is 59.1 Å². The zero-order valence-electron chi connectivity index (χ0n) is 21.4. The largest absolute Gasteiger partial charge is 0.497 e. The Labute approximate surface area is 222 Å². The summed E-state index contributed by atoms with van der Waals surface area (Å²) in [5.41, 5.74) is 2.18. The standard InChI is InChI=1S/C29H33N3O4S/c1-3-31(19-21-7-5-4-6-8-21)29(35)25-20-37-28(30-25)23-15-17-32(18-16-23)27(34)14-13-26(33)22-9-11-24(36-2)12-10-22/h4-12,20,23H,3,13-19H2,1-2H3. The number of amides is 2. The lowest BCUT2D eigenvalue weighted by atomic mass is 9.97. The van der Waals surface area contributed by atoms with Crippen molar-refractivity contribution in [3.63, 3.8) is 0 Å². The number of likely N-dealkylation sites (tertiary alicyclic amines) is 1. The molecule has 8 heteroatoms. The van der Waals surface area contributed by atoms with Crippen molar-refractivity contribution < 1.29 is 19.1 Å². The van der Waals surface area contributed by atoms with Crippen LogP contribution >= 0.6 is 11.3 Å². The van der Waals surface area contributed by atoms with E-state index in [0.29, 0.717) is 43.2 Å². The molecule has 1 aliphatic rings. The van der Waals surface area contributed by atoms with Gasteiger partial charge in [0.25, 0.3) is 5.91 Å². The Hall–Kier alpha value is -3.52. The fourth-order valence-electron chi connectivity index (χ4n) is 4.54. The molecule has 0 unspecified atom stereocenters. The molecule has 0 saturated carbocycles. The van der Waals surface area contributed by atoms with Gasteiger partial charge in [-0.2, -0.15) is 0 Å². The molecular weight excluding hydrogens is 486 g/mol. The zero-order valence-corrected chi connectivity index (χ0v) is 22.2. The van der Waals surface area contributed by atoms with Crippen LogP contribution < -0.4 is 4.74 Å². The summed E-state index contributed by atoms with van der Waals surface area (Å²) >= 11 is 1.53. The van der Waals surface area contributed by atoms with E-state index in [1.807, 2.05) is 52.4 Å². The number of ether oxygens (including phenoxy) is 1. The molecule has 1 fully saturated rings. The molecule has 0 atom stereocenters. The highest BCUT2D eigenvalue weighted by Gasteiger charge is 2.27. The lowest BCUT2D eigenvalue weighted by molar-refractivity contribution is -0.132. The van der Waals surface area contributed by atoms with Crippen molar-refractivity contribution in [3.8, 4) is 5.75 Å². The molecule has 4 rings (SSSR count). The number of benzene rings is 2. The van der Waals surface area contributed by atoms with Gasteiger partial charge in [0.2, 0.25) is 5.91 Å². The van der Waals surface area contributed by atoms with Crippen molar-refractivity contribution in [2.45, 2.75) is 45.1 Å². The van der Waals surface area contributed by atoms with Crippen molar-refractivity contribution in [2.75, 3.05) is 26.7 Å². The molecule has 1 aromatic heterocycles. The molecule has 1 aliphatic heterocycles. The zero-order chi connectivity index (χ0) is 26.2. The number of Topliss-reactive ketones (excluding diaryl/α,β-unsaturated/α-hetero) is 1. The van der Waals surface area contributed by atoms with E-state index in [-0.39, 0.29) is 36.4 Å². The van der Waals surface area contributed by atoms with E-state index in [1.165, 1.54) is 11.3 Å². The molecule has 1 saturated heterocycles. The van der Waals surface area contributed by atoms with Gasteiger partial charge in [0, 0.05) is 55.9 Å². The summed E-state index contributed by atoms with van der Waals surface area (Å²) in [6.07, 6.45) is 2.02. The summed E-state index contributed by atoms with van der Waals surface area (Å²) in [4.78, 5) is 46.6. The number of hydrogen-bond acceptors (Lipinski definition) is 6. The number of ketones is 1. The fraction of sp³-hybridized carbons (Fsp3) is 0.379. The van der Waals surface area contributed by atoms with Crippen LogP contribution in [0.4, 0.5) is 0 Å². The third-order valence-electron chi connectivity index (χ3n) is 6.80. The first-order chi connectivity index (χ1) is 18.0. The number of rotatable bonds is 10. The summed E-state index contributed by atoms with van der Waals surface area (Å²) in [6, 6.07) is 16.9. The second-order valence-electron chi connectivity index (χ2n) is 9.18. The third kappa shape index (κ3) is 6.83. The summed E-state index contributed by atoms with van der Waals surface area (Å²) in [7, 11) is 1.58. The van der Waals surface area contributed by atoms with Crippen molar-refractivity contribution in [1.29, 1.82) is 0 Å². The van der Waals surface area contributed by atoms with Gasteiger partial charge in [-0.15, -0.1) is 11.3 Å². The maximum atomic E-state index is 13.1. The van der Waals surface area contributed by atoms with Gasteiger partial charge in [-0.3, -0.25) is 14.4 Å². The molecule has 2 amide bonds. The normalized spacial score (nSPS) is 13.8. The van der Waals surface area contributed by atoms with Crippen molar-refractivity contribution in [3.05, 3.63) is 81.8 Å². The Kier molecular flexibility index (Phi) is 9.06. The summed E-state index contributed by atoms with van der Waals surface area (Å²) in [5.74, 6) is 0.847. The van der Waals surface area contributed by atoms with E-state index >= 15 is 0 Å². The Balaban J connectivity index is 1.26. The van der Waals surface area contributed by atoms with Crippen LogP contribution in [-0.2, 0) is 11.3 Å². The maximum absolute atomic E-state index is 13.1. The predicted octanol–water partition coefficient (Wildman–Crippen LogP) is 5.18. The first kappa shape index (κ1) is 26.5. The minimum Gasteiger partial charge on any atom is -0.497 e. The van der Waals surface area contributed by atoms with Crippen LogP contribution in [0.2, 0.25) is 0 Å². The number of nitrogens with zero attached hydrogens (tertiary/aromatic N) is 3. The van der Waals surface area contributed by atoms with Gasteiger partial charge in [0.1, 0.15) is 11.4 Å². The van der Waals surface area contributed by atoms with E-state index < -0.39 is 0 Å². The monoisotopic (exact) mass is 519 g/mol. The molecular formula is C29H33N3O4S. The molecule has 0 N–H and O–H groups in total. The molecule has 37 heavy (non-hydrogen) atoms. The lowest BCUT2D eigenvalue weighted by Gasteiger charge is -2.31. The van der Waals surface area contributed by atoms with Gasteiger partial charge in [-0.05, 0) is 49.6 Å². The molecule has 3 aromatic rings. The van der Waals surface area contributed by atoms with Crippen molar-refractivity contribution in [1.82, 2.24) is 14.8 Å². The van der Waals surface area contributed by atoms with Crippen LogP contribution in [0.25, 0.3) is 0 Å². The molecule has 0 radical (unpaired) electrons. The number of carbonyl (C=O) groups is 3. The highest BCUT2D eigenvalue weighted by atomic mass is 32.1. The van der Waals surface area contributed by atoms with Gasteiger partial charge in [0.05, 0.1) is 12.1 Å². The third-order valence-corrected chi connectivity index (χ3v) is 7.81. The minimum absolute atomic E-state index is 0.00909. The van der Waals surface area contributed by atoms with E-state index in [4.69, 9.17) is 4.74 Å². The molecule has 2 aromatic carbocycles. The second kappa shape index (κ2) is 12.6. The Bertz CT molecular complexity index is 1200. The van der Waals surface area contributed by atoms with Gasteiger partial charge in [0.15, 0.2) is 5.78 Å². The first-order valence-corrected chi connectivity index (χ1v) is 13.6. The molecule has 0 aliphatic carbocycles.